The summed E-state index contributed by atoms with van der Waals surface area (Å²) in [4.78, 5) is 42.0. The standard InChI is InChI=1S/C29H32Cl2N8O4/c1-6-8-9-21(36-24(40)7-2)14-35-28-34-13-20-16-38(26(22(30)17-42-4)25(31)18(3)43-5)29(41)39(27(20)37-28)15-19-10-11-33-23(32)12-19/h6-14H,1-2,15-17H2,3-5H3,(H2,32,33)(H,36,40)(H,34,35,37)/b9-8-,21-14-,25-18-,26-22-. The molecule has 0 saturated carbocycles. The molecule has 0 spiro atoms. The first-order valence-corrected chi connectivity index (χ1v) is 13.5. The summed E-state index contributed by atoms with van der Waals surface area (Å²) in [6.07, 6.45) is 10.6. The fourth-order valence-electron chi connectivity index (χ4n) is 3.85. The van der Waals surface area contributed by atoms with Gasteiger partial charge in [0.25, 0.3) is 0 Å². The van der Waals surface area contributed by atoms with Gasteiger partial charge in [-0.15, -0.1) is 0 Å². The Balaban J connectivity index is 2.12. The maximum Gasteiger partial charge on any atom is 0.330 e. The number of halogens is 2. The number of nitrogens with zero attached hydrogens (tertiary/aromatic N) is 5. The Hall–Kier alpha value is -4.65. The molecule has 0 saturated heterocycles. The number of hydrogen-bond acceptors (Lipinski definition) is 9. The highest BCUT2D eigenvalue weighted by atomic mass is 35.5. The molecule has 43 heavy (non-hydrogen) atoms. The lowest BCUT2D eigenvalue weighted by Crippen LogP contribution is -2.47. The fourth-order valence-corrected chi connectivity index (χ4v) is 4.50. The molecule has 0 atom stereocenters. The van der Waals surface area contributed by atoms with Gasteiger partial charge in [0, 0.05) is 31.3 Å². The van der Waals surface area contributed by atoms with Gasteiger partial charge in [-0.1, -0.05) is 48.5 Å². The van der Waals surface area contributed by atoms with Gasteiger partial charge in [0.15, 0.2) is 0 Å². The van der Waals surface area contributed by atoms with Crippen LogP contribution in [0.25, 0.3) is 0 Å². The van der Waals surface area contributed by atoms with Crippen molar-refractivity contribution in [1.82, 2.24) is 25.2 Å². The van der Waals surface area contributed by atoms with E-state index in [4.69, 9.17) is 38.4 Å². The maximum atomic E-state index is 14.2. The van der Waals surface area contributed by atoms with Crippen LogP contribution in [0.15, 0.2) is 95.4 Å². The van der Waals surface area contributed by atoms with E-state index < -0.39 is 11.9 Å². The van der Waals surface area contributed by atoms with Crippen molar-refractivity contribution < 1.29 is 19.1 Å². The Kier molecular flexibility index (Phi) is 11.9. The molecule has 3 rings (SSSR count). The number of carbonyl (C=O) groups excluding carboxylic acids is 2. The van der Waals surface area contributed by atoms with Gasteiger partial charge >= 0.3 is 6.03 Å². The van der Waals surface area contributed by atoms with E-state index in [-0.39, 0.29) is 41.4 Å². The number of rotatable bonds is 13. The average molecular weight is 628 g/mol. The number of nitrogens with one attached hydrogen (secondary N) is 2. The van der Waals surface area contributed by atoms with Crippen LogP contribution >= 0.6 is 23.2 Å². The van der Waals surface area contributed by atoms with Gasteiger partial charge in [0.1, 0.15) is 22.4 Å². The number of amides is 3. The number of aromatic nitrogens is 3. The topological polar surface area (TPSA) is 148 Å². The number of hydrogen-bond donors (Lipinski definition) is 3. The zero-order chi connectivity index (χ0) is 31.5. The van der Waals surface area contributed by atoms with Gasteiger partial charge in [-0.05, 0) is 36.8 Å². The molecule has 0 radical (unpaired) electrons. The largest absolute Gasteiger partial charge is 0.500 e. The van der Waals surface area contributed by atoms with Crippen molar-refractivity contribution in [2.45, 2.75) is 20.0 Å². The van der Waals surface area contributed by atoms with Crippen LogP contribution in [0.4, 0.5) is 22.4 Å². The monoisotopic (exact) mass is 626 g/mol. The van der Waals surface area contributed by atoms with Crippen LogP contribution < -0.4 is 21.3 Å². The van der Waals surface area contributed by atoms with Crippen LogP contribution in [0.2, 0.25) is 0 Å². The summed E-state index contributed by atoms with van der Waals surface area (Å²) in [6.45, 7) is 8.89. The third-order valence-electron chi connectivity index (χ3n) is 5.92. The molecule has 0 fully saturated rings. The van der Waals surface area contributed by atoms with Crippen LogP contribution in [0.1, 0.15) is 18.1 Å². The van der Waals surface area contributed by atoms with Crippen molar-refractivity contribution in [3.63, 3.8) is 0 Å². The van der Waals surface area contributed by atoms with Crippen LogP contribution in [0, 0.1) is 0 Å². The molecular weight excluding hydrogens is 595 g/mol. The van der Waals surface area contributed by atoms with Crippen LogP contribution in [-0.4, -0.2) is 52.6 Å². The van der Waals surface area contributed by atoms with Crippen molar-refractivity contribution in [2.75, 3.05) is 36.8 Å². The normalized spacial score (nSPS) is 14.5. The molecule has 1 aliphatic heterocycles. The Morgan fingerprint density at radius 3 is 2.67 bits per heavy atom. The number of carbonyl (C=O) groups is 2. The number of urea groups is 1. The second-order valence-corrected chi connectivity index (χ2v) is 9.71. The molecule has 0 unspecified atom stereocenters. The maximum absolute atomic E-state index is 14.2. The van der Waals surface area contributed by atoms with E-state index in [2.05, 4.69) is 38.7 Å². The Labute approximate surface area is 259 Å². The average Bonchev–Trinajstić information content (AvgIpc) is 3.00. The highest BCUT2D eigenvalue weighted by molar-refractivity contribution is 6.36. The zero-order valence-corrected chi connectivity index (χ0v) is 25.4. The van der Waals surface area contributed by atoms with Crippen molar-refractivity contribution in [3.05, 3.63) is 107 Å². The minimum atomic E-state index is -0.470. The zero-order valence-electron chi connectivity index (χ0n) is 23.9. The van der Waals surface area contributed by atoms with E-state index in [1.165, 1.54) is 30.2 Å². The highest BCUT2D eigenvalue weighted by Crippen LogP contribution is 2.36. The van der Waals surface area contributed by atoms with Crippen molar-refractivity contribution in [2.24, 2.45) is 0 Å². The summed E-state index contributed by atoms with van der Waals surface area (Å²) < 4.78 is 10.6. The van der Waals surface area contributed by atoms with Crippen LogP contribution in [0.5, 0.6) is 0 Å². The molecule has 0 aliphatic carbocycles. The van der Waals surface area contributed by atoms with E-state index in [1.807, 2.05) is 0 Å². The second kappa shape index (κ2) is 15.5. The Bertz CT molecular complexity index is 1520. The predicted molar refractivity (Wildman–Crippen MR) is 168 cm³/mol. The molecule has 14 heteroatoms. The SMILES string of the molecule is C=C/C=C\C(=C\Nc1ncc2c(n1)N(Cc1ccnc(N)c1)C(=O)N(C(=C(\Cl)COC)/C(Cl)=C(\C)OC)C2)NC(=O)C=C. The van der Waals surface area contributed by atoms with E-state index in [9.17, 15) is 9.59 Å². The summed E-state index contributed by atoms with van der Waals surface area (Å²) in [7, 11) is 2.94. The Morgan fingerprint density at radius 1 is 1.26 bits per heavy atom. The molecule has 226 valence electrons. The van der Waals surface area contributed by atoms with Crippen molar-refractivity contribution in [3.8, 4) is 0 Å². The lowest BCUT2D eigenvalue weighted by Gasteiger charge is -2.37. The molecule has 4 N–H and O–H groups in total. The van der Waals surface area contributed by atoms with Gasteiger partial charge in [-0.3, -0.25) is 14.6 Å². The number of allylic oxidation sites excluding steroid dienone is 5. The summed E-state index contributed by atoms with van der Waals surface area (Å²) in [6, 6.07) is 2.93. The first kappa shape index (κ1) is 32.9. The van der Waals surface area contributed by atoms with E-state index >= 15 is 0 Å². The summed E-state index contributed by atoms with van der Waals surface area (Å²) in [5, 5.41) is 5.95. The summed E-state index contributed by atoms with van der Waals surface area (Å²) in [5.74, 6) is 0.741. The predicted octanol–water partition coefficient (Wildman–Crippen LogP) is 4.91. The summed E-state index contributed by atoms with van der Waals surface area (Å²) in [5.41, 5.74) is 7.83. The molecule has 12 nitrogen and oxygen atoms in total. The highest BCUT2D eigenvalue weighted by Gasteiger charge is 2.36. The molecule has 3 amide bonds. The van der Waals surface area contributed by atoms with Gasteiger partial charge in [0.2, 0.25) is 11.9 Å². The Morgan fingerprint density at radius 2 is 2.02 bits per heavy atom. The van der Waals surface area contributed by atoms with E-state index in [0.717, 1.165) is 6.08 Å². The fraction of sp³-hybridized carbons (Fsp3) is 0.207. The number of pyridine rings is 1. The molecular formula is C29H32Cl2N8O4. The van der Waals surface area contributed by atoms with Gasteiger partial charge < -0.3 is 25.8 Å². The lowest BCUT2D eigenvalue weighted by atomic mass is 10.1. The number of ether oxygens (including phenoxy) is 2. The number of nitrogens with two attached hydrogens (primary N) is 1. The lowest BCUT2D eigenvalue weighted by molar-refractivity contribution is -0.115. The third kappa shape index (κ3) is 8.44. The molecule has 0 aromatic carbocycles. The van der Waals surface area contributed by atoms with Crippen molar-refractivity contribution in [1.29, 1.82) is 0 Å². The van der Waals surface area contributed by atoms with Crippen LogP contribution in [0.3, 0.4) is 0 Å². The minimum Gasteiger partial charge on any atom is -0.500 e. The van der Waals surface area contributed by atoms with Gasteiger partial charge in [-0.2, -0.15) is 4.98 Å². The van der Waals surface area contributed by atoms with Crippen molar-refractivity contribution >= 4 is 52.7 Å². The number of methoxy groups -OCH3 is 2. The molecule has 2 aromatic rings. The van der Waals surface area contributed by atoms with E-state index in [1.54, 1.807) is 49.7 Å². The smallest absolute Gasteiger partial charge is 0.330 e. The third-order valence-corrected chi connectivity index (χ3v) is 6.65. The molecule has 3 heterocycles. The second-order valence-electron chi connectivity index (χ2n) is 8.88. The first-order chi connectivity index (χ1) is 20.6. The quantitative estimate of drug-likeness (QED) is 0.160. The minimum absolute atomic E-state index is 0.00164. The first-order valence-electron chi connectivity index (χ1n) is 12.8. The molecule has 2 aromatic heterocycles. The van der Waals surface area contributed by atoms with Gasteiger partial charge in [0.05, 0.1) is 43.2 Å². The van der Waals surface area contributed by atoms with E-state index in [0.29, 0.717) is 34.2 Å². The molecule has 0 bridgehead atoms. The van der Waals surface area contributed by atoms with Gasteiger partial charge in [-0.25, -0.2) is 14.8 Å². The van der Waals surface area contributed by atoms with Crippen LogP contribution in [-0.2, 0) is 27.4 Å². The number of nitrogen functional groups attached to an aromatic ring is 1. The summed E-state index contributed by atoms with van der Waals surface area (Å²) >= 11 is 13.3. The molecule has 1 aliphatic rings. The number of fused-ring (bicyclic) bond motifs is 1. The number of anilines is 3.